The molecule has 0 aliphatic heterocycles. The summed E-state index contributed by atoms with van der Waals surface area (Å²) in [4.78, 5) is 2.00. The number of rotatable bonds is 7. The predicted octanol–water partition coefficient (Wildman–Crippen LogP) is 7.14. The molecule has 3 saturated carbocycles. The first-order valence-electron chi connectivity index (χ1n) is 14.6. The predicted molar refractivity (Wildman–Crippen MR) is 157 cm³/mol. The third-order valence-corrected chi connectivity index (χ3v) is 11.0. The Balaban J connectivity index is 0.000000947. The summed E-state index contributed by atoms with van der Waals surface area (Å²) in [5.41, 5.74) is 1.36. The summed E-state index contributed by atoms with van der Waals surface area (Å²) >= 11 is 0. The summed E-state index contributed by atoms with van der Waals surface area (Å²) in [6, 6.07) is 0. The lowest BCUT2D eigenvalue weighted by atomic mass is 9.47. The van der Waals surface area contributed by atoms with Crippen molar-refractivity contribution in [2.45, 2.75) is 124 Å². The van der Waals surface area contributed by atoms with Crippen molar-refractivity contribution >= 4 is 10.4 Å². The monoisotopic (exact) mass is 557 g/mol. The Labute approximate surface area is 234 Å². The Morgan fingerprint density at radius 2 is 1.74 bits per heavy atom. The highest BCUT2D eigenvalue weighted by Crippen LogP contribution is 2.67. The van der Waals surface area contributed by atoms with Crippen LogP contribution >= 0.6 is 0 Å². The van der Waals surface area contributed by atoms with E-state index in [1.165, 1.54) is 37.7 Å². The molecule has 7 heteroatoms. The summed E-state index contributed by atoms with van der Waals surface area (Å²) < 4.78 is 36.5. The van der Waals surface area contributed by atoms with Crippen LogP contribution in [0.3, 0.4) is 0 Å². The van der Waals surface area contributed by atoms with E-state index in [-0.39, 0.29) is 12.8 Å². The van der Waals surface area contributed by atoms with E-state index in [1.807, 2.05) is 39.9 Å². The van der Waals surface area contributed by atoms with E-state index in [2.05, 4.69) is 26.8 Å². The van der Waals surface area contributed by atoms with Gasteiger partial charge in [-0.15, -0.1) is 0 Å². The number of allylic oxidation sites excluding steroid dienone is 1. The smallest absolute Gasteiger partial charge is 0.390 e. The van der Waals surface area contributed by atoms with Crippen molar-refractivity contribution in [3.63, 3.8) is 0 Å². The van der Waals surface area contributed by atoms with Gasteiger partial charge in [0.15, 0.2) is 0 Å². The SMILES string of the molecule is C.CC(CCCC(C)(C)O)C1CCC2C3CC=C4CC(OS(=O)(=O)O)CCC4(C)C3CCC12C.CN(C)C. The van der Waals surface area contributed by atoms with Crippen molar-refractivity contribution in [1.29, 1.82) is 0 Å². The maximum atomic E-state index is 11.2. The van der Waals surface area contributed by atoms with Gasteiger partial charge >= 0.3 is 10.4 Å². The van der Waals surface area contributed by atoms with Crippen LogP contribution in [0.4, 0.5) is 0 Å². The first-order valence-corrected chi connectivity index (χ1v) is 16.0. The van der Waals surface area contributed by atoms with E-state index in [9.17, 15) is 13.5 Å². The molecule has 4 rings (SSSR count). The van der Waals surface area contributed by atoms with Gasteiger partial charge in [-0.2, -0.15) is 8.42 Å². The van der Waals surface area contributed by atoms with Crippen LogP contribution in [0.1, 0.15) is 113 Å². The lowest BCUT2D eigenvalue weighted by Crippen LogP contribution is -2.51. The van der Waals surface area contributed by atoms with Gasteiger partial charge in [-0.25, -0.2) is 4.18 Å². The molecule has 3 fully saturated rings. The number of fused-ring (bicyclic) bond motifs is 5. The quantitative estimate of drug-likeness (QED) is 0.255. The van der Waals surface area contributed by atoms with Gasteiger partial charge in [-0.05, 0) is 133 Å². The Kier molecular flexibility index (Phi) is 11.2. The summed E-state index contributed by atoms with van der Waals surface area (Å²) in [5.74, 6) is 3.66. The second kappa shape index (κ2) is 12.6. The lowest BCUT2D eigenvalue weighted by molar-refractivity contribution is -0.0563. The Bertz CT molecular complexity index is 907. The molecule has 0 bridgehead atoms. The maximum Gasteiger partial charge on any atom is 0.397 e. The van der Waals surface area contributed by atoms with Crippen molar-refractivity contribution in [3.8, 4) is 0 Å². The molecule has 0 heterocycles. The molecule has 2 N–H and O–H groups in total. The Morgan fingerprint density at radius 1 is 1.11 bits per heavy atom. The van der Waals surface area contributed by atoms with Gasteiger partial charge in [-0.3, -0.25) is 4.55 Å². The van der Waals surface area contributed by atoms with Crippen LogP contribution < -0.4 is 0 Å². The topological polar surface area (TPSA) is 87.1 Å². The zero-order chi connectivity index (χ0) is 27.8. The second-order valence-electron chi connectivity index (χ2n) is 14.4. The molecule has 8 unspecified atom stereocenters. The summed E-state index contributed by atoms with van der Waals surface area (Å²) in [7, 11) is 1.60. The van der Waals surface area contributed by atoms with Crippen LogP contribution in [0.5, 0.6) is 0 Å². The third-order valence-electron chi connectivity index (χ3n) is 10.5. The molecule has 4 aliphatic rings. The van der Waals surface area contributed by atoms with E-state index in [0.29, 0.717) is 30.1 Å². The van der Waals surface area contributed by atoms with Crippen LogP contribution in [-0.4, -0.2) is 55.8 Å². The molecule has 0 aromatic heterocycles. The van der Waals surface area contributed by atoms with Gasteiger partial charge in [0.2, 0.25) is 0 Å². The van der Waals surface area contributed by atoms with Gasteiger partial charge in [0, 0.05) is 0 Å². The molecule has 8 atom stereocenters. The highest BCUT2D eigenvalue weighted by molar-refractivity contribution is 7.80. The lowest BCUT2D eigenvalue weighted by Gasteiger charge is -2.58. The zero-order valence-electron chi connectivity index (χ0n) is 24.8. The second-order valence-corrected chi connectivity index (χ2v) is 15.4. The Hall–Kier alpha value is -0.470. The molecule has 0 spiro atoms. The van der Waals surface area contributed by atoms with Crippen molar-refractivity contribution < 1.29 is 22.3 Å². The van der Waals surface area contributed by atoms with Crippen molar-refractivity contribution in [3.05, 3.63) is 11.6 Å². The van der Waals surface area contributed by atoms with Gasteiger partial charge < -0.3 is 10.0 Å². The molecular weight excluding hydrogens is 498 g/mol. The normalized spacial score (nSPS) is 37.6. The van der Waals surface area contributed by atoms with Gasteiger partial charge in [0.1, 0.15) is 0 Å². The van der Waals surface area contributed by atoms with Gasteiger partial charge in [-0.1, -0.05) is 52.7 Å². The average molecular weight is 558 g/mol. The fourth-order valence-corrected chi connectivity index (χ4v) is 9.42. The summed E-state index contributed by atoms with van der Waals surface area (Å²) in [5, 5.41) is 10.1. The highest BCUT2D eigenvalue weighted by atomic mass is 32.3. The van der Waals surface area contributed by atoms with Crippen LogP contribution in [0.25, 0.3) is 0 Å². The molecule has 38 heavy (non-hydrogen) atoms. The Morgan fingerprint density at radius 3 is 2.32 bits per heavy atom. The highest BCUT2D eigenvalue weighted by Gasteiger charge is 2.59. The summed E-state index contributed by atoms with van der Waals surface area (Å²) in [6.07, 6.45) is 13.8. The largest absolute Gasteiger partial charge is 0.397 e. The van der Waals surface area contributed by atoms with Crippen LogP contribution in [-0.2, 0) is 14.6 Å². The average Bonchev–Trinajstić information content (AvgIpc) is 3.09. The molecular formula is C31H59NO5S. The molecule has 0 saturated heterocycles. The van der Waals surface area contributed by atoms with Crippen molar-refractivity contribution in [1.82, 2.24) is 4.90 Å². The molecule has 0 radical (unpaired) electrons. The van der Waals surface area contributed by atoms with Crippen molar-refractivity contribution in [2.75, 3.05) is 21.1 Å². The molecule has 4 aliphatic carbocycles. The maximum absolute atomic E-state index is 11.2. The number of hydrogen-bond acceptors (Lipinski definition) is 5. The van der Waals surface area contributed by atoms with Crippen LogP contribution in [0, 0.1) is 40.4 Å². The van der Waals surface area contributed by atoms with Gasteiger partial charge in [0.05, 0.1) is 11.7 Å². The van der Waals surface area contributed by atoms with E-state index in [4.69, 9.17) is 8.74 Å². The molecule has 0 amide bonds. The minimum atomic E-state index is -4.40. The number of hydrogen-bond donors (Lipinski definition) is 2. The van der Waals surface area contributed by atoms with Gasteiger partial charge in [0.25, 0.3) is 0 Å². The zero-order valence-corrected chi connectivity index (χ0v) is 25.6. The standard InChI is InChI=1S/C27H46O5S.C3H9N.CH4/c1-18(7-6-14-25(2,3)28)22-10-11-23-21-9-8-19-17-20(32-33(29,30)31)12-15-26(19,4)24(21)13-16-27(22,23)5;1-4(2)3;/h8,18,20-24,28H,6-7,9-17H2,1-5H3,(H,29,30,31);1-3H3;1H4. The summed E-state index contributed by atoms with van der Waals surface area (Å²) in [6.45, 7) is 11.3. The van der Waals surface area contributed by atoms with Crippen LogP contribution in [0.15, 0.2) is 11.6 Å². The number of nitrogens with zero attached hydrogens (tertiary/aromatic N) is 1. The van der Waals surface area contributed by atoms with E-state index in [1.54, 1.807) is 0 Å². The number of aliphatic hydroxyl groups is 1. The van der Waals surface area contributed by atoms with E-state index >= 15 is 0 Å². The first-order chi connectivity index (χ1) is 17.0. The minimum absolute atomic E-state index is 0. The van der Waals surface area contributed by atoms with E-state index in [0.717, 1.165) is 43.4 Å². The molecule has 0 aromatic carbocycles. The molecule has 224 valence electrons. The molecule has 6 nitrogen and oxygen atoms in total. The third kappa shape index (κ3) is 7.84. The fourth-order valence-electron chi connectivity index (χ4n) is 8.91. The van der Waals surface area contributed by atoms with E-state index < -0.39 is 22.1 Å². The van der Waals surface area contributed by atoms with Crippen LogP contribution in [0.2, 0.25) is 0 Å². The van der Waals surface area contributed by atoms with Crippen molar-refractivity contribution in [2.24, 2.45) is 40.4 Å². The fraction of sp³-hybridized carbons (Fsp3) is 0.935. The minimum Gasteiger partial charge on any atom is -0.390 e. The first kappa shape index (κ1) is 33.7. The molecule has 0 aromatic rings.